The van der Waals surface area contributed by atoms with Crippen LogP contribution in [-0.2, 0) is 4.74 Å². The average Bonchev–Trinajstić information content (AvgIpc) is 3.36. The van der Waals surface area contributed by atoms with Gasteiger partial charge in [0.25, 0.3) is 5.91 Å². The molecule has 134 valence electrons. The van der Waals surface area contributed by atoms with Crippen LogP contribution in [0.4, 0.5) is 16.2 Å². The highest BCUT2D eigenvalue weighted by atomic mass is 32.1. The summed E-state index contributed by atoms with van der Waals surface area (Å²) in [6, 6.07) is 17.4. The molecule has 0 aliphatic carbocycles. The van der Waals surface area contributed by atoms with Crippen molar-refractivity contribution in [1.29, 1.82) is 0 Å². The minimum absolute atomic E-state index is 0.174. The summed E-state index contributed by atoms with van der Waals surface area (Å²) in [4.78, 5) is 26.9. The SMILES string of the molecule is O=C(Nc1ccccc1N1CCOC1=O)c1cc2sc3ccccc3c2s1. The van der Waals surface area contributed by atoms with Gasteiger partial charge in [-0.2, -0.15) is 0 Å². The van der Waals surface area contributed by atoms with Crippen molar-refractivity contribution in [2.24, 2.45) is 0 Å². The molecule has 1 fully saturated rings. The molecule has 7 heteroatoms. The highest BCUT2D eigenvalue weighted by Gasteiger charge is 2.26. The van der Waals surface area contributed by atoms with E-state index in [1.165, 1.54) is 26.3 Å². The minimum atomic E-state index is -0.389. The van der Waals surface area contributed by atoms with E-state index in [9.17, 15) is 9.59 Å². The Bertz CT molecular complexity index is 1190. The maximum Gasteiger partial charge on any atom is 0.414 e. The van der Waals surface area contributed by atoms with Gasteiger partial charge in [-0.25, -0.2) is 4.79 Å². The number of hydrogen-bond acceptors (Lipinski definition) is 5. The lowest BCUT2D eigenvalue weighted by Gasteiger charge is -2.17. The molecule has 0 saturated carbocycles. The summed E-state index contributed by atoms with van der Waals surface area (Å²) in [5.41, 5.74) is 1.25. The maximum absolute atomic E-state index is 12.8. The van der Waals surface area contributed by atoms with Gasteiger partial charge in [-0.3, -0.25) is 9.69 Å². The van der Waals surface area contributed by atoms with Crippen molar-refractivity contribution in [3.05, 3.63) is 59.5 Å². The number of para-hydroxylation sites is 2. The second-order valence-electron chi connectivity index (χ2n) is 6.14. The molecule has 1 saturated heterocycles. The number of nitrogens with one attached hydrogen (secondary N) is 1. The molecular formula is C20H14N2O3S2. The number of fused-ring (bicyclic) bond motifs is 3. The summed E-state index contributed by atoms with van der Waals surface area (Å²) in [6.45, 7) is 0.835. The van der Waals surface area contributed by atoms with E-state index >= 15 is 0 Å². The van der Waals surface area contributed by atoms with Crippen LogP contribution in [0.3, 0.4) is 0 Å². The number of anilines is 2. The number of nitrogens with zero attached hydrogens (tertiary/aromatic N) is 1. The summed E-state index contributed by atoms with van der Waals surface area (Å²) >= 11 is 3.18. The molecule has 0 unspecified atom stereocenters. The number of cyclic esters (lactones) is 1. The van der Waals surface area contributed by atoms with Crippen LogP contribution in [0, 0.1) is 0 Å². The first-order valence-electron chi connectivity index (χ1n) is 8.46. The maximum atomic E-state index is 12.8. The smallest absolute Gasteiger partial charge is 0.414 e. The highest BCUT2D eigenvalue weighted by Crippen LogP contribution is 2.39. The number of thiophene rings is 2. The van der Waals surface area contributed by atoms with Crippen molar-refractivity contribution in [3.63, 3.8) is 0 Å². The minimum Gasteiger partial charge on any atom is -0.447 e. The molecule has 5 rings (SSSR count). The van der Waals surface area contributed by atoms with Crippen LogP contribution in [0.15, 0.2) is 54.6 Å². The predicted molar refractivity (Wildman–Crippen MR) is 110 cm³/mol. The molecule has 27 heavy (non-hydrogen) atoms. The second-order valence-corrected chi connectivity index (χ2v) is 8.28. The molecule has 2 aromatic carbocycles. The van der Waals surface area contributed by atoms with Gasteiger partial charge in [0.1, 0.15) is 6.61 Å². The topological polar surface area (TPSA) is 58.6 Å². The monoisotopic (exact) mass is 394 g/mol. The zero-order valence-corrected chi connectivity index (χ0v) is 15.7. The molecule has 4 aromatic rings. The van der Waals surface area contributed by atoms with Gasteiger partial charge < -0.3 is 10.1 Å². The molecule has 2 amide bonds. The van der Waals surface area contributed by atoms with E-state index in [2.05, 4.69) is 17.4 Å². The predicted octanol–water partition coefficient (Wildman–Crippen LogP) is 5.32. The van der Waals surface area contributed by atoms with Gasteiger partial charge in [0, 0.05) is 14.8 Å². The van der Waals surface area contributed by atoms with Crippen molar-refractivity contribution in [2.45, 2.75) is 0 Å². The third kappa shape index (κ3) is 2.75. The number of benzene rings is 2. The molecule has 1 aliphatic heterocycles. The first-order chi connectivity index (χ1) is 13.2. The third-order valence-electron chi connectivity index (χ3n) is 4.48. The Morgan fingerprint density at radius 1 is 1.04 bits per heavy atom. The lowest BCUT2D eigenvalue weighted by Crippen LogP contribution is -2.25. The van der Waals surface area contributed by atoms with E-state index in [-0.39, 0.29) is 12.0 Å². The standard InChI is InChI=1S/C20H14N2O3S2/c23-19(17-11-16-18(27-17)12-5-1-4-8-15(12)26-16)21-13-6-2-3-7-14(13)22-9-10-25-20(22)24/h1-8,11H,9-10H2,(H,21,23). The quantitative estimate of drug-likeness (QED) is 0.511. The normalized spacial score (nSPS) is 14.1. The van der Waals surface area contributed by atoms with Crippen LogP contribution in [0.1, 0.15) is 9.67 Å². The fourth-order valence-electron chi connectivity index (χ4n) is 3.22. The highest BCUT2D eigenvalue weighted by molar-refractivity contribution is 7.33. The van der Waals surface area contributed by atoms with Crippen LogP contribution in [0.5, 0.6) is 0 Å². The number of carbonyl (C=O) groups excluding carboxylic acids is 2. The molecule has 0 atom stereocenters. The van der Waals surface area contributed by atoms with Crippen molar-refractivity contribution < 1.29 is 14.3 Å². The third-order valence-corrected chi connectivity index (χ3v) is 6.89. The van der Waals surface area contributed by atoms with Crippen molar-refractivity contribution in [2.75, 3.05) is 23.4 Å². The first kappa shape index (κ1) is 16.3. The Morgan fingerprint density at radius 2 is 1.85 bits per heavy atom. The summed E-state index contributed by atoms with van der Waals surface area (Å²) in [7, 11) is 0. The number of ether oxygens (including phenoxy) is 1. The number of amides is 2. The summed E-state index contributed by atoms with van der Waals surface area (Å²) < 4.78 is 8.49. The van der Waals surface area contributed by atoms with E-state index in [0.29, 0.717) is 29.4 Å². The van der Waals surface area contributed by atoms with Gasteiger partial charge in [-0.15, -0.1) is 22.7 Å². The van der Waals surface area contributed by atoms with Gasteiger partial charge in [-0.1, -0.05) is 30.3 Å². The summed E-state index contributed by atoms with van der Waals surface area (Å²) in [5.74, 6) is -0.174. The van der Waals surface area contributed by atoms with E-state index in [1.54, 1.807) is 17.4 Å². The Morgan fingerprint density at radius 3 is 2.70 bits per heavy atom. The average molecular weight is 394 g/mol. The Kier molecular flexibility index (Phi) is 3.84. The van der Waals surface area contributed by atoms with E-state index in [1.807, 2.05) is 36.4 Å². The molecule has 0 spiro atoms. The molecule has 0 radical (unpaired) electrons. The second kappa shape index (κ2) is 6.37. The number of rotatable bonds is 3. The fourth-order valence-corrected chi connectivity index (χ4v) is 5.64. The van der Waals surface area contributed by atoms with Crippen LogP contribution in [0.2, 0.25) is 0 Å². The van der Waals surface area contributed by atoms with Gasteiger partial charge >= 0.3 is 6.09 Å². The Hall–Kier alpha value is -2.90. The van der Waals surface area contributed by atoms with Crippen molar-refractivity contribution in [1.82, 2.24) is 0 Å². The largest absolute Gasteiger partial charge is 0.447 e. The molecule has 3 heterocycles. The lowest BCUT2D eigenvalue weighted by molar-refractivity contribution is 0.103. The summed E-state index contributed by atoms with van der Waals surface area (Å²) in [5, 5.41) is 4.13. The zero-order valence-electron chi connectivity index (χ0n) is 14.1. The van der Waals surface area contributed by atoms with Crippen LogP contribution in [-0.4, -0.2) is 25.2 Å². The number of carbonyl (C=O) groups is 2. The van der Waals surface area contributed by atoms with Crippen molar-refractivity contribution in [3.8, 4) is 0 Å². The van der Waals surface area contributed by atoms with Gasteiger partial charge in [0.2, 0.25) is 0 Å². The van der Waals surface area contributed by atoms with Crippen LogP contribution in [0.25, 0.3) is 19.5 Å². The Balaban J connectivity index is 1.47. The van der Waals surface area contributed by atoms with Crippen LogP contribution >= 0.6 is 22.7 Å². The van der Waals surface area contributed by atoms with Gasteiger partial charge in [0.05, 0.1) is 27.5 Å². The van der Waals surface area contributed by atoms with Crippen LogP contribution < -0.4 is 10.2 Å². The molecule has 1 N–H and O–H groups in total. The number of hydrogen-bond donors (Lipinski definition) is 1. The van der Waals surface area contributed by atoms with Gasteiger partial charge in [0.15, 0.2) is 0 Å². The molecule has 0 bridgehead atoms. The van der Waals surface area contributed by atoms with E-state index in [4.69, 9.17) is 4.74 Å². The Labute approximate surface area is 162 Å². The molecule has 2 aromatic heterocycles. The first-order valence-corrected chi connectivity index (χ1v) is 10.1. The fraction of sp³-hybridized carbons (Fsp3) is 0.100. The van der Waals surface area contributed by atoms with E-state index < -0.39 is 0 Å². The summed E-state index contributed by atoms with van der Waals surface area (Å²) in [6.07, 6.45) is -0.389. The molecule has 1 aliphatic rings. The van der Waals surface area contributed by atoms with Gasteiger partial charge in [-0.05, 0) is 24.3 Å². The molecular weight excluding hydrogens is 380 g/mol. The zero-order chi connectivity index (χ0) is 18.4. The van der Waals surface area contributed by atoms with E-state index in [0.717, 1.165) is 9.40 Å². The van der Waals surface area contributed by atoms with Crippen molar-refractivity contribution >= 4 is 65.5 Å². The molecule has 5 nitrogen and oxygen atoms in total. The lowest BCUT2D eigenvalue weighted by atomic mass is 10.2.